The minimum atomic E-state index is -3.87. The second-order valence-corrected chi connectivity index (χ2v) is 8.66. The van der Waals surface area contributed by atoms with Gasteiger partial charge in [-0.1, -0.05) is 18.2 Å². The predicted octanol–water partition coefficient (Wildman–Crippen LogP) is 0.759. The van der Waals surface area contributed by atoms with Gasteiger partial charge in [-0.25, -0.2) is 13.1 Å². The summed E-state index contributed by atoms with van der Waals surface area (Å²) in [5.41, 5.74) is 0.920. The van der Waals surface area contributed by atoms with Gasteiger partial charge in [0.2, 0.25) is 15.9 Å². The summed E-state index contributed by atoms with van der Waals surface area (Å²) in [5, 5.41) is 12.5. The summed E-state index contributed by atoms with van der Waals surface area (Å²) < 4.78 is 38.7. The van der Waals surface area contributed by atoms with Crippen molar-refractivity contribution in [1.29, 1.82) is 0 Å². The zero-order valence-corrected chi connectivity index (χ0v) is 17.8. The number of rotatable bonds is 9. The third kappa shape index (κ3) is 6.34. The van der Waals surface area contributed by atoms with Crippen LogP contribution >= 0.6 is 0 Å². The van der Waals surface area contributed by atoms with E-state index in [4.69, 9.17) is 9.47 Å². The number of aliphatic hydroxyl groups is 1. The number of sulfonamides is 1. The van der Waals surface area contributed by atoms with E-state index in [0.717, 1.165) is 5.56 Å². The van der Waals surface area contributed by atoms with Crippen molar-refractivity contribution in [3.05, 3.63) is 66.5 Å². The van der Waals surface area contributed by atoms with Crippen LogP contribution in [0.15, 0.2) is 65.8 Å². The summed E-state index contributed by atoms with van der Waals surface area (Å²) in [6.45, 7) is -0.0467. The Hall–Kier alpha value is -2.79. The van der Waals surface area contributed by atoms with Gasteiger partial charge >= 0.3 is 0 Å². The van der Waals surface area contributed by atoms with Crippen molar-refractivity contribution >= 4 is 15.9 Å². The molecule has 9 nitrogen and oxygen atoms in total. The Morgan fingerprint density at radius 1 is 1.23 bits per heavy atom. The highest BCUT2D eigenvalue weighted by Gasteiger charge is 2.31. The molecule has 1 aliphatic heterocycles. The maximum Gasteiger partial charge on any atom is 0.241 e. The van der Waals surface area contributed by atoms with Gasteiger partial charge in [0.1, 0.15) is 11.9 Å². The lowest BCUT2D eigenvalue weighted by atomic mass is 10.1. The lowest BCUT2D eigenvalue weighted by molar-refractivity contribution is -0.125. The first kappa shape index (κ1) is 22.9. The highest BCUT2D eigenvalue weighted by atomic mass is 32.2. The lowest BCUT2D eigenvalue weighted by Gasteiger charge is -2.31. The Bertz CT molecular complexity index is 1010. The number of nitrogens with zero attached hydrogens (tertiary/aromatic N) is 1. The maximum atomic E-state index is 12.7. The fraction of sp³-hybridized carbons (Fsp3) is 0.333. The number of aliphatic hydroxyl groups excluding tert-OH is 1. The van der Waals surface area contributed by atoms with Crippen LogP contribution in [0.1, 0.15) is 12.0 Å². The minimum Gasteiger partial charge on any atom is -0.497 e. The van der Waals surface area contributed by atoms with Crippen LogP contribution in [-0.2, 0) is 26.1 Å². The maximum absolute atomic E-state index is 12.7. The molecule has 0 aliphatic carbocycles. The first-order valence-corrected chi connectivity index (χ1v) is 11.2. The number of hydrogen-bond acceptors (Lipinski definition) is 7. The molecular formula is C21H25N3O6S. The van der Waals surface area contributed by atoms with Crippen LogP contribution in [0.25, 0.3) is 0 Å². The van der Waals surface area contributed by atoms with Gasteiger partial charge in [-0.3, -0.25) is 9.78 Å². The zero-order chi connectivity index (χ0) is 22.3. The molecule has 1 amide bonds. The SMILES string of the molecule is COc1cccc(S(=O)(=O)N[C@H]2C=C[C@H](CC(=O)NCc3ccncc3)O[C@@H]2CO)c1. The Morgan fingerprint density at radius 2 is 2.00 bits per heavy atom. The minimum absolute atomic E-state index is 0.0366. The molecule has 31 heavy (non-hydrogen) atoms. The number of amides is 1. The summed E-state index contributed by atoms with van der Waals surface area (Å²) in [4.78, 5) is 16.2. The number of methoxy groups -OCH3 is 1. The van der Waals surface area contributed by atoms with Crippen LogP contribution in [0.4, 0.5) is 0 Å². The molecule has 1 aromatic carbocycles. The normalized spacial score (nSPS) is 20.9. The molecule has 0 saturated carbocycles. The second kappa shape index (κ2) is 10.5. The number of ether oxygens (including phenoxy) is 2. The van der Waals surface area contributed by atoms with Gasteiger partial charge in [0, 0.05) is 25.0 Å². The Morgan fingerprint density at radius 3 is 2.71 bits per heavy atom. The van der Waals surface area contributed by atoms with Crippen LogP contribution < -0.4 is 14.8 Å². The largest absolute Gasteiger partial charge is 0.497 e. The first-order valence-electron chi connectivity index (χ1n) is 9.68. The van der Waals surface area contributed by atoms with Crippen LogP contribution in [0.2, 0.25) is 0 Å². The molecule has 10 heteroatoms. The van der Waals surface area contributed by atoms with Crippen molar-refractivity contribution < 1.29 is 27.8 Å². The predicted molar refractivity (Wildman–Crippen MR) is 113 cm³/mol. The Labute approximate surface area is 181 Å². The third-order valence-electron chi connectivity index (χ3n) is 4.73. The molecule has 2 aromatic rings. The Balaban J connectivity index is 1.60. The van der Waals surface area contributed by atoms with E-state index in [-0.39, 0.29) is 17.2 Å². The fourth-order valence-electron chi connectivity index (χ4n) is 3.08. The number of nitrogens with one attached hydrogen (secondary N) is 2. The van der Waals surface area contributed by atoms with Crippen molar-refractivity contribution in [2.75, 3.05) is 13.7 Å². The molecule has 3 atom stereocenters. The zero-order valence-electron chi connectivity index (χ0n) is 17.0. The van der Waals surface area contributed by atoms with Gasteiger partial charge in [-0.15, -0.1) is 0 Å². The van der Waals surface area contributed by atoms with Gasteiger partial charge in [-0.2, -0.15) is 0 Å². The molecule has 0 fully saturated rings. The van der Waals surface area contributed by atoms with E-state index in [1.54, 1.807) is 48.8 Å². The van der Waals surface area contributed by atoms with Crippen LogP contribution in [-0.4, -0.2) is 56.4 Å². The van der Waals surface area contributed by atoms with Crippen molar-refractivity contribution in [2.24, 2.45) is 0 Å². The van der Waals surface area contributed by atoms with E-state index in [1.165, 1.54) is 19.2 Å². The summed E-state index contributed by atoms with van der Waals surface area (Å²) >= 11 is 0. The average Bonchev–Trinajstić information content (AvgIpc) is 2.79. The van der Waals surface area contributed by atoms with Gasteiger partial charge in [0.05, 0.1) is 37.2 Å². The molecule has 0 radical (unpaired) electrons. The number of pyridine rings is 1. The average molecular weight is 448 g/mol. The molecule has 0 unspecified atom stereocenters. The number of carbonyl (C=O) groups is 1. The van der Waals surface area contributed by atoms with E-state index in [0.29, 0.717) is 12.3 Å². The van der Waals surface area contributed by atoms with Gasteiger partial charge < -0.3 is 19.9 Å². The highest BCUT2D eigenvalue weighted by Crippen LogP contribution is 2.20. The molecule has 166 valence electrons. The van der Waals surface area contributed by atoms with Crippen molar-refractivity contribution in [1.82, 2.24) is 15.0 Å². The number of benzene rings is 1. The monoisotopic (exact) mass is 447 g/mol. The van der Waals surface area contributed by atoms with Gasteiger partial charge in [-0.05, 0) is 29.8 Å². The Kier molecular flexibility index (Phi) is 7.75. The van der Waals surface area contributed by atoms with E-state index in [9.17, 15) is 18.3 Å². The van der Waals surface area contributed by atoms with Crippen molar-refractivity contribution in [3.63, 3.8) is 0 Å². The lowest BCUT2D eigenvalue weighted by Crippen LogP contribution is -2.49. The van der Waals surface area contributed by atoms with E-state index in [2.05, 4.69) is 15.0 Å². The van der Waals surface area contributed by atoms with E-state index >= 15 is 0 Å². The summed E-state index contributed by atoms with van der Waals surface area (Å²) in [5.74, 6) is 0.188. The summed E-state index contributed by atoms with van der Waals surface area (Å²) in [6.07, 6.45) is 5.16. The van der Waals surface area contributed by atoms with Crippen molar-refractivity contribution in [3.8, 4) is 5.75 Å². The van der Waals surface area contributed by atoms with Gasteiger partial charge in [0.25, 0.3) is 0 Å². The molecular weight excluding hydrogens is 422 g/mol. The molecule has 0 bridgehead atoms. The number of carbonyl (C=O) groups excluding carboxylic acids is 1. The second-order valence-electron chi connectivity index (χ2n) is 6.94. The van der Waals surface area contributed by atoms with E-state index in [1.807, 2.05) is 0 Å². The molecule has 2 heterocycles. The number of hydrogen-bond donors (Lipinski definition) is 3. The summed E-state index contributed by atoms with van der Waals surface area (Å²) in [6, 6.07) is 8.89. The molecule has 3 rings (SSSR count). The third-order valence-corrected chi connectivity index (χ3v) is 6.19. The number of aromatic nitrogens is 1. The molecule has 1 aromatic heterocycles. The van der Waals surface area contributed by atoms with E-state index < -0.39 is 34.9 Å². The summed E-state index contributed by atoms with van der Waals surface area (Å²) in [7, 11) is -2.42. The topological polar surface area (TPSA) is 127 Å². The van der Waals surface area contributed by atoms with Crippen molar-refractivity contribution in [2.45, 2.75) is 36.1 Å². The fourth-order valence-corrected chi connectivity index (χ4v) is 4.34. The molecule has 0 saturated heterocycles. The van der Waals surface area contributed by atoms with Crippen LogP contribution in [0, 0.1) is 0 Å². The smallest absolute Gasteiger partial charge is 0.241 e. The van der Waals surface area contributed by atoms with Gasteiger partial charge in [0.15, 0.2) is 0 Å². The van der Waals surface area contributed by atoms with Crippen LogP contribution in [0.5, 0.6) is 5.75 Å². The first-order chi connectivity index (χ1) is 14.9. The van der Waals surface area contributed by atoms with Crippen LogP contribution in [0.3, 0.4) is 0 Å². The highest BCUT2D eigenvalue weighted by molar-refractivity contribution is 7.89. The molecule has 1 aliphatic rings. The quantitative estimate of drug-likeness (QED) is 0.484. The molecule has 0 spiro atoms. The molecule has 3 N–H and O–H groups in total. The standard InChI is InChI=1S/C21H25N3O6S/c1-29-16-3-2-4-18(11-16)31(27,28)24-19-6-5-17(30-20(19)14-25)12-21(26)23-13-15-7-9-22-10-8-15/h2-11,17,19-20,24-25H,12-14H2,1H3,(H,23,26)/t17-,19+,20-/m1/s1.